The van der Waals surface area contributed by atoms with Gasteiger partial charge in [0.25, 0.3) is 0 Å². The van der Waals surface area contributed by atoms with Gasteiger partial charge in [-0.2, -0.15) is 0 Å². The highest BCUT2D eigenvalue weighted by atomic mass is 19.1. The van der Waals surface area contributed by atoms with Crippen LogP contribution in [0.15, 0.2) is 36.4 Å². The summed E-state index contributed by atoms with van der Waals surface area (Å²) in [7, 11) is 6.07. The molecule has 0 spiro atoms. The standard InChI is InChI=1S/C18H19FO4/c1-20-14-7-5-12(6-8-14)9-15(19)13-10-16(21-2)18(23-4)17(11-13)22-3/h5-11H,1-4H3/b15-9+. The Morgan fingerprint density at radius 3 is 1.83 bits per heavy atom. The summed E-state index contributed by atoms with van der Waals surface area (Å²) >= 11 is 0. The molecular formula is C18H19FO4. The quantitative estimate of drug-likeness (QED) is 0.749. The third kappa shape index (κ3) is 3.74. The third-order valence-electron chi connectivity index (χ3n) is 3.35. The lowest BCUT2D eigenvalue weighted by Gasteiger charge is -2.13. The lowest BCUT2D eigenvalue weighted by atomic mass is 10.1. The van der Waals surface area contributed by atoms with Gasteiger partial charge in [-0.05, 0) is 35.9 Å². The van der Waals surface area contributed by atoms with E-state index in [2.05, 4.69) is 0 Å². The van der Waals surface area contributed by atoms with Crippen molar-refractivity contribution in [2.24, 2.45) is 0 Å². The molecule has 0 aromatic heterocycles. The fourth-order valence-electron chi connectivity index (χ4n) is 2.15. The van der Waals surface area contributed by atoms with E-state index >= 15 is 0 Å². The summed E-state index contributed by atoms with van der Waals surface area (Å²) < 4.78 is 35.3. The molecule has 0 saturated carbocycles. The molecule has 0 amide bonds. The second kappa shape index (κ2) is 7.54. The van der Waals surface area contributed by atoms with Gasteiger partial charge >= 0.3 is 0 Å². The minimum absolute atomic E-state index is 0.343. The molecule has 0 unspecified atom stereocenters. The van der Waals surface area contributed by atoms with Gasteiger partial charge in [0.05, 0.1) is 28.4 Å². The van der Waals surface area contributed by atoms with Gasteiger partial charge in [-0.25, -0.2) is 4.39 Å². The molecule has 0 aliphatic heterocycles. The van der Waals surface area contributed by atoms with Crippen LogP contribution < -0.4 is 18.9 Å². The van der Waals surface area contributed by atoms with Crippen molar-refractivity contribution >= 4 is 11.9 Å². The molecule has 0 aliphatic carbocycles. The van der Waals surface area contributed by atoms with Gasteiger partial charge in [0.1, 0.15) is 11.6 Å². The molecule has 0 heterocycles. The molecule has 0 atom stereocenters. The van der Waals surface area contributed by atoms with Gasteiger partial charge in [-0.3, -0.25) is 0 Å². The van der Waals surface area contributed by atoms with E-state index in [9.17, 15) is 4.39 Å². The van der Waals surface area contributed by atoms with E-state index in [1.54, 1.807) is 43.5 Å². The van der Waals surface area contributed by atoms with E-state index in [-0.39, 0.29) is 0 Å². The van der Waals surface area contributed by atoms with Gasteiger partial charge < -0.3 is 18.9 Å². The highest BCUT2D eigenvalue weighted by molar-refractivity contribution is 5.79. The van der Waals surface area contributed by atoms with Gasteiger partial charge in [-0.15, -0.1) is 0 Å². The van der Waals surface area contributed by atoms with E-state index < -0.39 is 5.83 Å². The summed E-state index contributed by atoms with van der Waals surface area (Å²) in [6.07, 6.45) is 1.43. The zero-order valence-corrected chi connectivity index (χ0v) is 13.6. The summed E-state index contributed by atoms with van der Waals surface area (Å²) in [6.45, 7) is 0. The Bertz CT molecular complexity index is 668. The number of methoxy groups -OCH3 is 4. The Hall–Kier alpha value is -2.69. The lowest BCUT2D eigenvalue weighted by Crippen LogP contribution is -1.96. The summed E-state index contributed by atoms with van der Waals surface area (Å²) in [6, 6.07) is 10.2. The first-order valence-electron chi connectivity index (χ1n) is 6.94. The molecule has 0 saturated heterocycles. The molecule has 0 bridgehead atoms. The zero-order valence-electron chi connectivity index (χ0n) is 13.6. The van der Waals surface area contributed by atoms with Crippen LogP contribution in [0, 0.1) is 0 Å². The van der Waals surface area contributed by atoms with Crippen LogP contribution in [0.2, 0.25) is 0 Å². The molecule has 0 fully saturated rings. The number of halogens is 1. The largest absolute Gasteiger partial charge is 0.497 e. The Morgan fingerprint density at radius 1 is 0.826 bits per heavy atom. The van der Waals surface area contributed by atoms with Crippen molar-refractivity contribution in [2.75, 3.05) is 28.4 Å². The Morgan fingerprint density at radius 2 is 1.39 bits per heavy atom. The molecular weight excluding hydrogens is 299 g/mol. The fourth-order valence-corrected chi connectivity index (χ4v) is 2.15. The molecule has 0 N–H and O–H groups in total. The maximum Gasteiger partial charge on any atom is 0.203 e. The van der Waals surface area contributed by atoms with Crippen molar-refractivity contribution in [3.63, 3.8) is 0 Å². The highest BCUT2D eigenvalue weighted by Gasteiger charge is 2.15. The average Bonchev–Trinajstić information content (AvgIpc) is 2.60. The third-order valence-corrected chi connectivity index (χ3v) is 3.35. The molecule has 2 rings (SSSR count). The Kier molecular flexibility index (Phi) is 5.46. The van der Waals surface area contributed by atoms with Crippen LogP contribution in [0.25, 0.3) is 11.9 Å². The maximum absolute atomic E-state index is 14.5. The summed E-state index contributed by atoms with van der Waals surface area (Å²) in [5, 5.41) is 0. The van der Waals surface area contributed by atoms with Gasteiger partial charge in [-0.1, -0.05) is 12.1 Å². The molecule has 2 aromatic carbocycles. The normalized spacial score (nSPS) is 11.1. The predicted molar refractivity (Wildman–Crippen MR) is 88.1 cm³/mol. The smallest absolute Gasteiger partial charge is 0.203 e. The fraction of sp³-hybridized carbons (Fsp3) is 0.222. The number of hydrogen-bond acceptors (Lipinski definition) is 4. The lowest BCUT2D eigenvalue weighted by molar-refractivity contribution is 0.324. The molecule has 0 aliphatic rings. The molecule has 4 nitrogen and oxygen atoms in total. The summed E-state index contributed by atoms with van der Waals surface area (Å²) in [5.74, 6) is 1.54. The van der Waals surface area contributed by atoms with Crippen molar-refractivity contribution in [3.8, 4) is 23.0 Å². The predicted octanol–water partition coefficient (Wildman–Crippen LogP) is 4.19. The second-order valence-electron chi connectivity index (χ2n) is 4.68. The van der Waals surface area contributed by atoms with E-state index in [1.165, 1.54) is 27.4 Å². The van der Waals surface area contributed by atoms with Crippen molar-refractivity contribution < 1.29 is 23.3 Å². The van der Waals surface area contributed by atoms with E-state index in [0.717, 1.165) is 11.3 Å². The molecule has 5 heteroatoms. The number of rotatable bonds is 6. The second-order valence-corrected chi connectivity index (χ2v) is 4.68. The van der Waals surface area contributed by atoms with Crippen LogP contribution in [0.4, 0.5) is 4.39 Å². The number of ether oxygens (including phenoxy) is 4. The highest BCUT2D eigenvalue weighted by Crippen LogP contribution is 2.40. The van der Waals surface area contributed by atoms with Gasteiger partial charge in [0.15, 0.2) is 11.5 Å². The van der Waals surface area contributed by atoms with Crippen molar-refractivity contribution in [3.05, 3.63) is 47.5 Å². The van der Waals surface area contributed by atoms with Crippen LogP contribution in [-0.4, -0.2) is 28.4 Å². The summed E-state index contributed by atoms with van der Waals surface area (Å²) in [5.41, 5.74) is 1.06. The van der Waals surface area contributed by atoms with Crippen LogP contribution in [0.3, 0.4) is 0 Å². The van der Waals surface area contributed by atoms with Crippen molar-refractivity contribution in [2.45, 2.75) is 0 Å². The molecule has 122 valence electrons. The van der Waals surface area contributed by atoms with Crippen molar-refractivity contribution in [1.82, 2.24) is 0 Å². The minimum atomic E-state index is -0.408. The van der Waals surface area contributed by atoms with Gasteiger partial charge in [0, 0.05) is 5.56 Å². The monoisotopic (exact) mass is 318 g/mol. The first kappa shape index (κ1) is 16.7. The van der Waals surface area contributed by atoms with Crippen LogP contribution in [0.5, 0.6) is 23.0 Å². The van der Waals surface area contributed by atoms with E-state index in [0.29, 0.717) is 22.8 Å². The molecule has 23 heavy (non-hydrogen) atoms. The zero-order chi connectivity index (χ0) is 16.8. The minimum Gasteiger partial charge on any atom is -0.497 e. The van der Waals surface area contributed by atoms with Crippen LogP contribution in [-0.2, 0) is 0 Å². The molecule has 0 radical (unpaired) electrons. The first-order valence-corrected chi connectivity index (χ1v) is 6.94. The Labute approximate surface area is 135 Å². The molecule has 2 aromatic rings. The Balaban J connectivity index is 2.41. The number of hydrogen-bond donors (Lipinski definition) is 0. The maximum atomic E-state index is 14.5. The average molecular weight is 318 g/mol. The summed E-state index contributed by atoms with van der Waals surface area (Å²) in [4.78, 5) is 0. The van der Waals surface area contributed by atoms with E-state index in [4.69, 9.17) is 18.9 Å². The topological polar surface area (TPSA) is 36.9 Å². The number of benzene rings is 2. The van der Waals surface area contributed by atoms with Crippen molar-refractivity contribution in [1.29, 1.82) is 0 Å². The first-order chi connectivity index (χ1) is 11.1. The van der Waals surface area contributed by atoms with Crippen LogP contribution >= 0.6 is 0 Å². The van der Waals surface area contributed by atoms with Crippen LogP contribution in [0.1, 0.15) is 11.1 Å². The van der Waals surface area contributed by atoms with E-state index in [1.807, 2.05) is 0 Å². The van der Waals surface area contributed by atoms with Gasteiger partial charge in [0.2, 0.25) is 5.75 Å². The SMILES string of the molecule is COc1ccc(/C=C(/F)c2cc(OC)c(OC)c(OC)c2)cc1.